The van der Waals surface area contributed by atoms with Crippen LogP contribution in [0.1, 0.15) is 6.92 Å². The lowest BCUT2D eigenvalue weighted by atomic mass is 10.3. The highest BCUT2D eigenvalue weighted by atomic mass is 127. The molecule has 0 N–H and O–H groups in total. The van der Waals surface area contributed by atoms with Gasteiger partial charge in [0, 0.05) is 6.54 Å². The van der Waals surface area contributed by atoms with Gasteiger partial charge in [0.05, 0.1) is 28.3 Å². The summed E-state index contributed by atoms with van der Waals surface area (Å²) in [6.45, 7) is 2.97. The third-order valence-electron chi connectivity index (χ3n) is 3.65. The molecule has 0 bridgehead atoms. The van der Waals surface area contributed by atoms with Crippen LogP contribution in [0.25, 0.3) is 33.6 Å². The Morgan fingerprint density at radius 3 is 2.32 bits per heavy atom. The van der Waals surface area contributed by atoms with E-state index in [1.165, 1.54) is 0 Å². The molecule has 4 rings (SSSR count). The number of aryl methyl sites for hydroxylation is 1. The second kappa shape index (κ2) is 6.00. The first-order valence-electron chi connectivity index (χ1n) is 7.04. The maximum atomic E-state index is 4.72. The minimum Gasteiger partial charge on any atom is -0.323 e. The molecule has 0 saturated carbocycles. The van der Waals surface area contributed by atoms with Crippen LogP contribution in [-0.4, -0.2) is 19.5 Å². The quantitative estimate of drug-likeness (QED) is 0.470. The van der Waals surface area contributed by atoms with Gasteiger partial charge in [0.15, 0.2) is 5.82 Å². The average molecular weight is 402 g/mol. The molecule has 0 unspecified atom stereocenters. The molecular weight excluding hydrogens is 387 g/mol. The van der Waals surface area contributed by atoms with E-state index in [-0.39, 0.29) is 24.0 Å². The highest BCUT2D eigenvalue weighted by Crippen LogP contribution is 2.24. The molecular formula is C17H15IN4. The van der Waals surface area contributed by atoms with Crippen molar-refractivity contribution in [2.75, 3.05) is 0 Å². The fourth-order valence-electron chi connectivity index (χ4n) is 2.66. The number of rotatable bonds is 2. The van der Waals surface area contributed by atoms with Crippen LogP contribution in [0.2, 0.25) is 0 Å². The van der Waals surface area contributed by atoms with E-state index in [4.69, 9.17) is 9.97 Å². The van der Waals surface area contributed by atoms with E-state index in [1.807, 2.05) is 42.5 Å². The Kier molecular flexibility index (Phi) is 4.06. The van der Waals surface area contributed by atoms with Crippen molar-refractivity contribution in [1.82, 2.24) is 19.5 Å². The zero-order chi connectivity index (χ0) is 14.2. The number of para-hydroxylation sites is 4. The number of halogens is 1. The molecule has 0 amide bonds. The standard InChI is InChI=1S/C17H14N4.HI/c1-2-21-16-10-6-5-9-14(16)20-17(21)15-11-18-12-7-3-4-8-13(12)19-15;/h3-11H,2H2,1H3;1H. The Labute approximate surface area is 145 Å². The zero-order valence-electron chi connectivity index (χ0n) is 12.1. The summed E-state index contributed by atoms with van der Waals surface area (Å²) in [6, 6.07) is 16.0. The van der Waals surface area contributed by atoms with E-state index >= 15 is 0 Å². The van der Waals surface area contributed by atoms with Crippen molar-refractivity contribution in [2.45, 2.75) is 13.5 Å². The van der Waals surface area contributed by atoms with Crippen molar-refractivity contribution in [3.8, 4) is 11.5 Å². The monoisotopic (exact) mass is 402 g/mol. The minimum absolute atomic E-state index is 0. The lowest BCUT2D eigenvalue weighted by Gasteiger charge is -2.06. The number of nitrogens with zero attached hydrogens (tertiary/aromatic N) is 4. The van der Waals surface area contributed by atoms with Gasteiger partial charge in [0.25, 0.3) is 0 Å². The molecule has 22 heavy (non-hydrogen) atoms. The fraction of sp³-hybridized carbons (Fsp3) is 0.118. The summed E-state index contributed by atoms with van der Waals surface area (Å²) in [5, 5.41) is 0. The number of fused-ring (bicyclic) bond motifs is 2. The molecule has 0 atom stereocenters. The molecule has 4 aromatic rings. The molecule has 2 heterocycles. The fourth-order valence-corrected chi connectivity index (χ4v) is 2.66. The summed E-state index contributed by atoms with van der Waals surface area (Å²) in [6.07, 6.45) is 1.80. The first-order chi connectivity index (χ1) is 10.4. The van der Waals surface area contributed by atoms with Crippen LogP contribution < -0.4 is 0 Å². The van der Waals surface area contributed by atoms with Crippen LogP contribution in [0.3, 0.4) is 0 Å². The molecule has 4 nitrogen and oxygen atoms in total. The summed E-state index contributed by atoms with van der Waals surface area (Å²) < 4.78 is 2.17. The highest BCUT2D eigenvalue weighted by molar-refractivity contribution is 14.0. The van der Waals surface area contributed by atoms with Crippen molar-refractivity contribution in [1.29, 1.82) is 0 Å². The smallest absolute Gasteiger partial charge is 0.161 e. The second-order valence-corrected chi connectivity index (χ2v) is 4.91. The minimum atomic E-state index is 0. The Morgan fingerprint density at radius 2 is 1.55 bits per heavy atom. The van der Waals surface area contributed by atoms with E-state index < -0.39 is 0 Å². The molecule has 0 fully saturated rings. The summed E-state index contributed by atoms with van der Waals surface area (Å²) in [5.41, 5.74) is 4.73. The van der Waals surface area contributed by atoms with Gasteiger partial charge in [-0.2, -0.15) is 0 Å². The summed E-state index contributed by atoms with van der Waals surface area (Å²) in [4.78, 5) is 13.9. The molecule has 2 aromatic heterocycles. The number of hydrogen-bond acceptors (Lipinski definition) is 3. The Hall–Kier alpha value is -2.02. The van der Waals surface area contributed by atoms with Gasteiger partial charge in [-0.3, -0.25) is 4.98 Å². The number of benzene rings is 2. The number of aromatic nitrogens is 4. The van der Waals surface area contributed by atoms with Gasteiger partial charge in [0.2, 0.25) is 0 Å². The molecule has 0 radical (unpaired) electrons. The van der Waals surface area contributed by atoms with Gasteiger partial charge in [-0.1, -0.05) is 24.3 Å². The first kappa shape index (κ1) is 14.9. The van der Waals surface area contributed by atoms with E-state index in [9.17, 15) is 0 Å². The molecule has 0 aliphatic rings. The molecule has 0 saturated heterocycles. The van der Waals surface area contributed by atoms with Crippen LogP contribution >= 0.6 is 24.0 Å². The van der Waals surface area contributed by atoms with Gasteiger partial charge in [-0.15, -0.1) is 24.0 Å². The van der Waals surface area contributed by atoms with Crippen molar-refractivity contribution in [3.05, 3.63) is 54.7 Å². The van der Waals surface area contributed by atoms with Crippen molar-refractivity contribution in [2.24, 2.45) is 0 Å². The van der Waals surface area contributed by atoms with Gasteiger partial charge < -0.3 is 4.57 Å². The third-order valence-corrected chi connectivity index (χ3v) is 3.65. The molecule has 5 heteroatoms. The average Bonchev–Trinajstić information content (AvgIpc) is 2.93. The Bertz CT molecular complexity index is 946. The van der Waals surface area contributed by atoms with Gasteiger partial charge in [-0.05, 0) is 31.2 Å². The van der Waals surface area contributed by atoms with Crippen LogP contribution in [0, 0.1) is 0 Å². The van der Waals surface area contributed by atoms with E-state index in [1.54, 1.807) is 6.20 Å². The molecule has 0 spiro atoms. The predicted molar refractivity (Wildman–Crippen MR) is 99.4 cm³/mol. The maximum absolute atomic E-state index is 4.72. The molecule has 110 valence electrons. The maximum Gasteiger partial charge on any atom is 0.161 e. The lowest BCUT2D eigenvalue weighted by molar-refractivity contribution is 0.793. The van der Waals surface area contributed by atoms with Gasteiger partial charge in [-0.25, -0.2) is 9.97 Å². The van der Waals surface area contributed by atoms with Crippen molar-refractivity contribution >= 4 is 46.0 Å². The van der Waals surface area contributed by atoms with E-state index in [2.05, 4.69) is 22.5 Å². The highest BCUT2D eigenvalue weighted by Gasteiger charge is 2.13. The normalized spacial score (nSPS) is 10.8. The van der Waals surface area contributed by atoms with Crippen LogP contribution in [0.4, 0.5) is 0 Å². The van der Waals surface area contributed by atoms with Gasteiger partial charge >= 0.3 is 0 Å². The Balaban J connectivity index is 0.00000144. The lowest BCUT2D eigenvalue weighted by Crippen LogP contribution is -1.99. The summed E-state index contributed by atoms with van der Waals surface area (Å²) in [7, 11) is 0. The summed E-state index contributed by atoms with van der Waals surface area (Å²) in [5.74, 6) is 0.872. The largest absolute Gasteiger partial charge is 0.323 e. The van der Waals surface area contributed by atoms with Crippen molar-refractivity contribution in [3.63, 3.8) is 0 Å². The Morgan fingerprint density at radius 1 is 0.864 bits per heavy atom. The van der Waals surface area contributed by atoms with Crippen LogP contribution in [0.15, 0.2) is 54.7 Å². The number of hydrogen-bond donors (Lipinski definition) is 0. The molecule has 2 aromatic carbocycles. The SMILES string of the molecule is CCn1c(-c2cnc3ccccc3n2)nc2ccccc21.I. The second-order valence-electron chi connectivity index (χ2n) is 4.91. The molecule has 0 aliphatic carbocycles. The first-order valence-corrected chi connectivity index (χ1v) is 7.04. The topological polar surface area (TPSA) is 43.6 Å². The third kappa shape index (κ3) is 2.35. The van der Waals surface area contributed by atoms with Crippen LogP contribution in [0.5, 0.6) is 0 Å². The van der Waals surface area contributed by atoms with Crippen molar-refractivity contribution < 1.29 is 0 Å². The predicted octanol–water partition coefficient (Wildman–Crippen LogP) is 4.28. The zero-order valence-corrected chi connectivity index (χ0v) is 14.4. The van der Waals surface area contributed by atoms with Crippen LogP contribution in [-0.2, 0) is 6.54 Å². The molecule has 0 aliphatic heterocycles. The summed E-state index contributed by atoms with van der Waals surface area (Å²) >= 11 is 0. The van der Waals surface area contributed by atoms with Gasteiger partial charge in [0.1, 0.15) is 5.69 Å². The van der Waals surface area contributed by atoms with E-state index in [0.717, 1.165) is 40.1 Å². The van der Waals surface area contributed by atoms with E-state index in [0.29, 0.717) is 0 Å². The number of imidazole rings is 1.